The third-order valence-corrected chi connectivity index (χ3v) is 2.36. The predicted molar refractivity (Wildman–Crippen MR) is 45.9 cm³/mol. The molecule has 2 rings (SSSR count). The standard InChI is InChI=1S/C10H11N.ClH/c1-8-6-7-9-4-3-5-10(9)11(8)2;/h3-7H,1-2H3;1H. The summed E-state index contributed by atoms with van der Waals surface area (Å²) in [5.41, 5.74) is 4.13. The van der Waals surface area contributed by atoms with Gasteiger partial charge in [0.25, 0.3) is 0 Å². The summed E-state index contributed by atoms with van der Waals surface area (Å²) in [6.07, 6.45) is 10.8. The van der Waals surface area contributed by atoms with Gasteiger partial charge >= 0.3 is 0 Å². The average Bonchev–Trinajstić information content (AvgIpc) is 2.45. The van der Waals surface area contributed by atoms with Crippen LogP contribution in [0.5, 0.6) is 0 Å². The Morgan fingerprint density at radius 2 is 1.92 bits per heavy atom. The highest BCUT2D eigenvalue weighted by Crippen LogP contribution is 2.16. The Labute approximate surface area is 79.2 Å². The zero-order valence-corrected chi connectivity index (χ0v) is 8.02. The van der Waals surface area contributed by atoms with Gasteiger partial charge in [0.1, 0.15) is 11.4 Å². The summed E-state index contributed by atoms with van der Waals surface area (Å²) in [5, 5.41) is 0. The lowest BCUT2D eigenvalue weighted by molar-refractivity contribution is -0.794. The number of nitrogens with one attached hydrogen (secondary N) is 1. The van der Waals surface area contributed by atoms with Crippen LogP contribution < -0.4 is 17.3 Å². The predicted octanol–water partition coefficient (Wildman–Crippen LogP) is -2.20. The molecule has 0 amide bonds. The zero-order valence-electron chi connectivity index (χ0n) is 7.26. The van der Waals surface area contributed by atoms with Crippen LogP contribution >= 0.6 is 0 Å². The van der Waals surface area contributed by atoms with E-state index in [1.165, 1.54) is 21.9 Å². The molecule has 12 heavy (non-hydrogen) atoms. The van der Waals surface area contributed by atoms with Gasteiger partial charge in [0.2, 0.25) is 0 Å². The number of allylic oxidation sites excluding steroid dienone is 6. The maximum atomic E-state index is 2.18. The van der Waals surface area contributed by atoms with Crippen LogP contribution in [0.4, 0.5) is 0 Å². The van der Waals surface area contributed by atoms with Gasteiger partial charge in [-0.1, -0.05) is 6.08 Å². The molecule has 0 saturated heterocycles. The molecule has 64 valence electrons. The van der Waals surface area contributed by atoms with Gasteiger partial charge in [-0.2, -0.15) is 0 Å². The minimum atomic E-state index is 0. The third-order valence-electron chi connectivity index (χ3n) is 2.36. The molecule has 1 aliphatic carbocycles. The Balaban J connectivity index is 0.000000720. The summed E-state index contributed by atoms with van der Waals surface area (Å²) in [6.45, 7) is 2.15. The van der Waals surface area contributed by atoms with Gasteiger partial charge in [0.05, 0.1) is 7.05 Å². The molecule has 0 radical (unpaired) electrons. The summed E-state index contributed by atoms with van der Waals surface area (Å²) >= 11 is 0. The Bertz CT molecular complexity index is 308. The molecule has 0 bridgehead atoms. The van der Waals surface area contributed by atoms with Gasteiger partial charge in [-0.3, -0.25) is 4.90 Å². The van der Waals surface area contributed by atoms with E-state index in [0.29, 0.717) is 0 Å². The number of hydrogen-bond donors (Lipinski definition) is 1. The summed E-state index contributed by atoms with van der Waals surface area (Å²) < 4.78 is 0. The molecule has 1 nitrogen and oxygen atoms in total. The summed E-state index contributed by atoms with van der Waals surface area (Å²) in [5.74, 6) is 0. The molecule has 0 aromatic heterocycles. The SMILES string of the molecule is CC1=CC=C2C=CC=C2[NH+]1C.[Cl-]. The number of halogens is 1. The van der Waals surface area contributed by atoms with Crippen LogP contribution in [0, 0.1) is 0 Å². The molecule has 2 heteroatoms. The van der Waals surface area contributed by atoms with E-state index < -0.39 is 0 Å². The van der Waals surface area contributed by atoms with Gasteiger partial charge in [0.15, 0.2) is 0 Å². The lowest BCUT2D eigenvalue weighted by Gasteiger charge is -2.18. The Hall–Kier alpha value is -0.790. The van der Waals surface area contributed by atoms with E-state index in [2.05, 4.69) is 44.4 Å². The van der Waals surface area contributed by atoms with E-state index in [1.807, 2.05) is 0 Å². The summed E-state index contributed by atoms with van der Waals surface area (Å²) in [4.78, 5) is 1.41. The lowest BCUT2D eigenvalue weighted by atomic mass is 10.1. The Morgan fingerprint density at radius 1 is 1.17 bits per heavy atom. The highest BCUT2D eigenvalue weighted by atomic mass is 35.5. The van der Waals surface area contributed by atoms with Crippen LogP contribution in [0.25, 0.3) is 0 Å². The quantitative estimate of drug-likeness (QED) is 0.433. The maximum absolute atomic E-state index is 2.18. The van der Waals surface area contributed by atoms with Gasteiger partial charge in [-0.25, -0.2) is 0 Å². The van der Waals surface area contributed by atoms with Gasteiger partial charge in [-0.05, 0) is 18.2 Å². The maximum Gasteiger partial charge on any atom is 0.143 e. The van der Waals surface area contributed by atoms with Gasteiger partial charge in [0, 0.05) is 18.6 Å². The molecule has 1 heterocycles. The second-order valence-electron chi connectivity index (χ2n) is 3.04. The molecule has 1 aliphatic heterocycles. The van der Waals surface area contributed by atoms with Crippen LogP contribution in [0.15, 0.2) is 47.3 Å². The third kappa shape index (κ3) is 1.26. The van der Waals surface area contributed by atoms with Crippen molar-refractivity contribution in [3.05, 3.63) is 47.3 Å². The van der Waals surface area contributed by atoms with Crippen molar-refractivity contribution in [3.63, 3.8) is 0 Å². The smallest absolute Gasteiger partial charge is 0.143 e. The van der Waals surface area contributed by atoms with Crippen molar-refractivity contribution < 1.29 is 17.3 Å². The number of fused-ring (bicyclic) bond motifs is 1. The van der Waals surface area contributed by atoms with Crippen molar-refractivity contribution in [2.75, 3.05) is 7.05 Å². The molecule has 1 atom stereocenters. The Morgan fingerprint density at radius 3 is 2.67 bits per heavy atom. The minimum absolute atomic E-state index is 0. The first kappa shape index (κ1) is 9.30. The first-order chi connectivity index (χ1) is 5.29. The first-order valence-electron chi connectivity index (χ1n) is 3.90. The molecule has 0 spiro atoms. The largest absolute Gasteiger partial charge is 1.00 e. The second kappa shape index (κ2) is 3.30. The normalized spacial score (nSPS) is 25.2. The highest BCUT2D eigenvalue weighted by Gasteiger charge is 2.20. The number of hydrogen-bond acceptors (Lipinski definition) is 0. The topological polar surface area (TPSA) is 4.44 Å². The molecule has 1 N–H and O–H groups in total. The van der Waals surface area contributed by atoms with E-state index in [9.17, 15) is 0 Å². The van der Waals surface area contributed by atoms with Gasteiger partial charge < -0.3 is 12.4 Å². The van der Waals surface area contributed by atoms with Crippen LogP contribution in [0.2, 0.25) is 0 Å². The van der Waals surface area contributed by atoms with Gasteiger partial charge in [-0.15, -0.1) is 0 Å². The van der Waals surface area contributed by atoms with Crippen LogP contribution in [-0.4, -0.2) is 7.05 Å². The van der Waals surface area contributed by atoms with Crippen molar-refractivity contribution in [2.24, 2.45) is 0 Å². The monoisotopic (exact) mass is 181 g/mol. The van der Waals surface area contributed by atoms with Crippen molar-refractivity contribution >= 4 is 0 Å². The van der Waals surface area contributed by atoms with Crippen LogP contribution in [0.3, 0.4) is 0 Å². The molecule has 0 saturated carbocycles. The Kier molecular flexibility index (Phi) is 2.55. The molecule has 0 aromatic carbocycles. The van der Waals surface area contributed by atoms with Crippen molar-refractivity contribution in [3.8, 4) is 0 Å². The second-order valence-corrected chi connectivity index (χ2v) is 3.04. The van der Waals surface area contributed by atoms with E-state index in [0.717, 1.165) is 0 Å². The zero-order chi connectivity index (χ0) is 7.84. The molecular weight excluding hydrogens is 170 g/mol. The van der Waals surface area contributed by atoms with Crippen molar-refractivity contribution in [1.82, 2.24) is 0 Å². The summed E-state index contributed by atoms with van der Waals surface area (Å²) in [7, 11) is 2.18. The molecular formula is C10H12ClN. The average molecular weight is 182 g/mol. The van der Waals surface area contributed by atoms with E-state index in [4.69, 9.17) is 0 Å². The fraction of sp³-hybridized carbons (Fsp3) is 0.200. The van der Waals surface area contributed by atoms with Crippen LogP contribution in [0.1, 0.15) is 6.92 Å². The molecule has 0 aromatic rings. The van der Waals surface area contributed by atoms with E-state index >= 15 is 0 Å². The minimum Gasteiger partial charge on any atom is -1.00 e. The number of likely N-dealkylation sites (N-methyl/N-ethyl adjacent to an activating group) is 1. The van der Waals surface area contributed by atoms with E-state index in [-0.39, 0.29) is 12.4 Å². The summed E-state index contributed by atoms with van der Waals surface area (Å²) in [6, 6.07) is 0. The highest BCUT2D eigenvalue weighted by molar-refractivity contribution is 5.47. The molecule has 0 fully saturated rings. The fourth-order valence-electron chi connectivity index (χ4n) is 1.47. The van der Waals surface area contributed by atoms with Crippen LogP contribution in [-0.2, 0) is 0 Å². The number of quaternary nitrogens is 1. The van der Waals surface area contributed by atoms with E-state index in [1.54, 1.807) is 0 Å². The van der Waals surface area contributed by atoms with Crippen molar-refractivity contribution in [2.45, 2.75) is 6.92 Å². The lowest BCUT2D eigenvalue weighted by Crippen LogP contribution is -3.05. The molecule has 2 aliphatic rings. The fourth-order valence-corrected chi connectivity index (χ4v) is 1.47. The molecule has 1 unspecified atom stereocenters. The van der Waals surface area contributed by atoms with Crippen molar-refractivity contribution in [1.29, 1.82) is 0 Å². The first-order valence-corrected chi connectivity index (χ1v) is 3.90. The number of rotatable bonds is 0.